The first kappa shape index (κ1) is 22.4. The summed E-state index contributed by atoms with van der Waals surface area (Å²) in [4.78, 5) is 9.55. The van der Waals surface area contributed by atoms with Crippen LogP contribution in [0.2, 0.25) is 0 Å². The van der Waals surface area contributed by atoms with Crippen LogP contribution < -0.4 is 0 Å². The van der Waals surface area contributed by atoms with Gasteiger partial charge in [0.05, 0.1) is 15.4 Å². The molecule has 0 aliphatic rings. The van der Waals surface area contributed by atoms with E-state index >= 15 is 0 Å². The van der Waals surface area contributed by atoms with E-state index in [0.717, 1.165) is 16.4 Å². The van der Waals surface area contributed by atoms with Gasteiger partial charge in [-0.05, 0) is 23.3 Å². The quantitative estimate of drug-likeness (QED) is 0.375. The summed E-state index contributed by atoms with van der Waals surface area (Å²) >= 11 is 0. The maximum atomic E-state index is 13.5. The maximum absolute atomic E-state index is 13.5. The van der Waals surface area contributed by atoms with Crippen molar-refractivity contribution >= 4 is 15.7 Å². The summed E-state index contributed by atoms with van der Waals surface area (Å²) < 4.78 is 68.0. The highest BCUT2D eigenvalue weighted by Gasteiger charge is 2.39. The minimum Gasteiger partial charge on any atom is -0.258 e. The molecule has 0 amide bonds. The maximum Gasteiger partial charge on any atom is 0.417 e. The van der Waals surface area contributed by atoms with Gasteiger partial charge < -0.3 is 0 Å². The molecule has 3 aromatic rings. The number of alkyl halides is 3. The number of nitrogens with zero attached hydrogens (tertiary/aromatic N) is 2. The van der Waals surface area contributed by atoms with E-state index in [-0.39, 0.29) is 24.3 Å². The lowest BCUT2D eigenvalue weighted by Crippen LogP contribution is -2.31. The number of sulfonamides is 1. The number of rotatable bonds is 7. The first-order valence-electron chi connectivity index (χ1n) is 9.02. The number of nitro groups is 1. The number of non-ortho nitro benzene ring substituents is 1. The van der Waals surface area contributed by atoms with Crippen LogP contribution in [0.15, 0.2) is 83.8 Å². The van der Waals surface area contributed by atoms with Gasteiger partial charge in [-0.15, -0.1) is 0 Å². The van der Waals surface area contributed by atoms with Crippen molar-refractivity contribution in [3.8, 4) is 0 Å². The van der Waals surface area contributed by atoms with Crippen LogP contribution in [0.1, 0.15) is 16.7 Å². The molecule has 0 unspecified atom stereocenters. The SMILES string of the molecule is O=[N+]([O-])c1cccc(CN(Cc2ccccc2)S(=O)(=O)c2ccccc2C(F)(F)F)c1. The molecule has 3 aromatic carbocycles. The highest BCUT2D eigenvalue weighted by atomic mass is 32.2. The Labute approximate surface area is 176 Å². The summed E-state index contributed by atoms with van der Waals surface area (Å²) in [5.41, 5.74) is -0.684. The first-order valence-corrected chi connectivity index (χ1v) is 10.5. The Kier molecular flexibility index (Phi) is 6.42. The van der Waals surface area contributed by atoms with E-state index in [1.807, 2.05) is 0 Å². The highest BCUT2D eigenvalue weighted by molar-refractivity contribution is 7.89. The molecule has 10 heteroatoms. The van der Waals surface area contributed by atoms with Crippen molar-refractivity contribution in [3.63, 3.8) is 0 Å². The number of nitro benzene ring substituents is 1. The lowest BCUT2D eigenvalue weighted by atomic mass is 10.2. The van der Waals surface area contributed by atoms with Gasteiger partial charge in [-0.3, -0.25) is 10.1 Å². The molecule has 0 heterocycles. The molecule has 0 bridgehead atoms. The minimum absolute atomic E-state index is 0.210. The van der Waals surface area contributed by atoms with Gasteiger partial charge in [0.1, 0.15) is 0 Å². The molecular weight excluding hydrogens is 433 g/mol. The Balaban J connectivity index is 2.08. The van der Waals surface area contributed by atoms with Crippen LogP contribution in [0.3, 0.4) is 0 Å². The Morgan fingerprint density at radius 1 is 0.839 bits per heavy atom. The standard InChI is InChI=1S/C21H17F3N2O4S/c22-21(23,24)19-11-4-5-12-20(19)31(29,30)25(14-16-7-2-1-3-8-16)15-17-9-6-10-18(13-17)26(27)28/h1-13H,14-15H2. The predicted molar refractivity (Wildman–Crippen MR) is 107 cm³/mol. The molecular formula is C21H17F3N2O4S. The van der Waals surface area contributed by atoms with Crippen molar-refractivity contribution in [2.75, 3.05) is 0 Å². The number of hydrogen-bond acceptors (Lipinski definition) is 4. The smallest absolute Gasteiger partial charge is 0.258 e. The lowest BCUT2D eigenvalue weighted by Gasteiger charge is -2.24. The van der Waals surface area contributed by atoms with E-state index in [1.54, 1.807) is 30.3 Å². The molecule has 162 valence electrons. The third kappa shape index (κ3) is 5.28. The second kappa shape index (κ2) is 8.86. The summed E-state index contributed by atoms with van der Waals surface area (Å²) in [6.07, 6.45) is -4.87. The fourth-order valence-corrected chi connectivity index (χ4v) is 4.68. The fourth-order valence-electron chi connectivity index (χ4n) is 3.05. The lowest BCUT2D eigenvalue weighted by molar-refractivity contribution is -0.384. The molecule has 3 rings (SSSR count). The van der Waals surface area contributed by atoms with Crippen molar-refractivity contribution in [1.82, 2.24) is 4.31 Å². The molecule has 0 atom stereocenters. The van der Waals surface area contributed by atoms with Crippen LogP contribution in [0.5, 0.6) is 0 Å². The van der Waals surface area contributed by atoms with Gasteiger partial charge >= 0.3 is 6.18 Å². The molecule has 0 saturated carbocycles. The molecule has 31 heavy (non-hydrogen) atoms. The second-order valence-electron chi connectivity index (χ2n) is 6.68. The summed E-state index contributed by atoms with van der Waals surface area (Å²) in [5, 5.41) is 11.1. The fraction of sp³-hybridized carbons (Fsp3) is 0.143. The third-order valence-electron chi connectivity index (χ3n) is 4.49. The van der Waals surface area contributed by atoms with Crippen molar-refractivity contribution in [2.45, 2.75) is 24.2 Å². The zero-order valence-corrected chi connectivity index (χ0v) is 16.8. The van der Waals surface area contributed by atoms with Gasteiger partial charge in [0.15, 0.2) is 0 Å². The van der Waals surface area contributed by atoms with E-state index in [4.69, 9.17) is 0 Å². The highest BCUT2D eigenvalue weighted by Crippen LogP contribution is 2.36. The Bertz CT molecular complexity index is 1180. The van der Waals surface area contributed by atoms with E-state index in [2.05, 4.69) is 0 Å². The molecule has 0 radical (unpaired) electrons. The second-order valence-corrected chi connectivity index (χ2v) is 8.59. The molecule has 0 aliphatic heterocycles. The molecule has 0 saturated heterocycles. The van der Waals surface area contributed by atoms with Crippen molar-refractivity contribution < 1.29 is 26.5 Å². The average molecular weight is 450 g/mol. The molecule has 0 aromatic heterocycles. The third-order valence-corrected chi connectivity index (χ3v) is 6.34. The van der Waals surface area contributed by atoms with Gasteiger partial charge in [0.25, 0.3) is 5.69 Å². The Hall–Kier alpha value is -3.24. The molecule has 0 aliphatic carbocycles. The Morgan fingerprint density at radius 2 is 1.42 bits per heavy atom. The normalized spacial score (nSPS) is 12.1. The minimum atomic E-state index is -4.87. The molecule has 0 spiro atoms. The topological polar surface area (TPSA) is 80.5 Å². The van der Waals surface area contributed by atoms with Gasteiger partial charge in [-0.25, -0.2) is 8.42 Å². The summed E-state index contributed by atoms with van der Waals surface area (Å²) in [5.74, 6) is 0. The van der Waals surface area contributed by atoms with E-state index in [1.165, 1.54) is 30.3 Å². The van der Waals surface area contributed by atoms with Gasteiger partial charge in [-0.1, -0.05) is 54.6 Å². The van der Waals surface area contributed by atoms with Gasteiger partial charge in [-0.2, -0.15) is 17.5 Å². The van der Waals surface area contributed by atoms with Gasteiger partial charge in [0, 0.05) is 25.2 Å². The van der Waals surface area contributed by atoms with Crippen LogP contribution in [-0.2, 0) is 29.3 Å². The zero-order valence-electron chi connectivity index (χ0n) is 16.0. The average Bonchev–Trinajstić information content (AvgIpc) is 2.73. The first-order chi connectivity index (χ1) is 14.6. The predicted octanol–water partition coefficient (Wildman–Crippen LogP) is 5.00. The number of benzene rings is 3. The molecule has 6 nitrogen and oxygen atoms in total. The van der Waals surface area contributed by atoms with Crippen LogP contribution in [-0.4, -0.2) is 17.6 Å². The monoisotopic (exact) mass is 450 g/mol. The Morgan fingerprint density at radius 3 is 2.06 bits per heavy atom. The molecule has 0 fully saturated rings. The largest absolute Gasteiger partial charge is 0.417 e. The van der Waals surface area contributed by atoms with Crippen LogP contribution in [0, 0.1) is 10.1 Å². The summed E-state index contributed by atoms with van der Waals surface area (Å²) in [7, 11) is -4.60. The summed E-state index contributed by atoms with van der Waals surface area (Å²) in [6.45, 7) is -0.552. The van der Waals surface area contributed by atoms with Crippen LogP contribution in [0.25, 0.3) is 0 Å². The van der Waals surface area contributed by atoms with E-state index in [9.17, 15) is 31.7 Å². The van der Waals surface area contributed by atoms with Crippen molar-refractivity contribution in [2.24, 2.45) is 0 Å². The van der Waals surface area contributed by atoms with E-state index < -0.39 is 31.6 Å². The van der Waals surface area contributed by atoms with Crippen molar-refractivity contribution in [1.29, 1.82) is 0 Å². The number of halogens is 3. The number of hydrogen-bond donors (Lipinski definition) is 0. The van der Waals surface area contributed by atoms with Gasteiger partial charge in [0.2, 0.25) is 10.0 Å². The van der Waals surface area contributed by atoms with E-state index in [0.29, 0.717) is 11.6 Å². The van der Waals surface area contributed by atoms with Crippen molar-refractivity contribution in [3.05, 3.63) is 106 Å². The molecule has 0 N–H and O–H groups in total. The zero-order chi connectivity index (χ0) is 22.6. The van der Waals surface area contributed by atoms with Crippen LogP contribution in [0.4, 0.5) is 18.9 Å². The summed E-state index contributed by atoms with van der Waals surface area (Å²) in [6, 6.07) is 17.6. The van der Waals surface area contributed by atoms with Crippen LogP contribution >= 0.6 is 0 Å².